The molecule has 0 amide bonds. The SMILES string of the molecule is CC1CC(C)CN(c2oc(-c3ccccc3Cl)nc2S(=O)(=O)c2ccc(Br)cc2)C1. The van der Waals surface area contributed by atoms with Crippen LogP contribution in [0.25, 0.3) is 11.5 Å². The van der Waals surface area contributed by atoms with E-state index < -0.39 is 9.84 Å². The van der Waals surface area contributed by atoms with Gasteiger partial charge in [-0.1, -0.05) is 53.5 Å². The summed E-state index contributed by atoms with van der Waals surface area (Å²) < 4.78 is 33.9. The molecule has 2 aromatic carbocycles. The molecule has 1 aliphatic rings. The Balaban J connectivity index is 1.87. The highest BCUT2D eigenvalue weighted by Crippen LogP contribution is 2.38. The molecule has 0 radical (unpaired) electrons. The van der Waals surface area contributed by atoms with E-state index in [2.05, 4.69) is 34.8 Å². The van der Waals surface area contributed by atoms with E-state index in [9.17, 15) is 8.42 Å². The van der Waals surface area contributed by atoms with Crippen molar-refractivity contribution in [1.82, 2.24) is 4.98 Å². The first kappa shape index (κ1) is 21.4. The molecule has 158 valence electrons. The van der Waals surface area contributed by atoms with Gasteiger partial charge in [-0.2, -0.15) is 4.98 Å². The molecule has 1 saturated heterocycles. The summed E-state index contributed by atoms with van der Waals surface area (Å²) in [5.74, 6) is 1.33. The van der Waals surface area contributed by atoms with Crippen LogP contribution in [0.15, 0.2) is 67.3 Å². The third-order valence-electron chi connectivity index (χ3n) is 5.22. The number of hydrogen-bond donors (Lipinski definition) is 0. The summed E-state index contributed by atoms with van der Waals surface area (Å²) in [5, 5.41) is 0.388. The van der Waals surface area contributed by atoms with Gasteiger partial charge >= 0.3 is 0 Å². The number of benzene rings is 2. The zero-order valence-electron chi connectivity index (χ0n) is 16.7. The number of sulfone groups is 1. The Bertz CT molecular complexity index is 1150. The molecule has 8 heteroatoms. The van der Waals surface area contributed by atoms with E-state index in [1.54, 1.807) is 36.4 Å². The second kappa shape index (κ2) is 8.36. The lowest BCUT2D eigenvalue weighted by Gasteiger charge is -2.34. The van der Waals surface area contributed by atoms with Crippen LogP contribution in [0.3, 0.4) is 0 Å². The van der Waals surface area contributed by atoms with E-state index >= 15 is 0 Å². The summed E-state index contributed by atoms with van der Waals surface area (Å²) in [5.41, 5.74) is 0.566. The highest BCUT2D eigenvalue weighted by Gasteiger charge is 2.34. The summed E-state index contributed by atoms with van der Waals surface area (Å²) in [4.78, 5) is 6.61. The van der Waals surface area contributed by atoms with Gasteiger partial charge in [-0.15, -0.1) is 0 Å². The molecule has 1 aromatic heterocycles. The van der Waals surface area contributed by atoms with Crippen molar-refractivity contribution < 1.29 is 12.8 Å². The first-order valence-electron chi connectivity index (χ1n) is 9.77. The molecule has 1 fully saturated rings. The van der Waals surface area contributed by atoms with Crippen LogP contribution in [-0.4, -0.2) is 26.5 Å². The molecule has 0 N–H and O–H groups in total. The third-order valence-corrected chi connectivity index (χ3v) is 7.74. The number of nitrogens with zero attached hydrogens (tertiary/aromatic N) is 2. The zero-order chi connectivity index (χ0) is 21.5. The molecule has 0 saturated carbocycles. The van der Waals surface area contributed by atoms with E-state index in [0.29, 0.717) is 35.5 Å². The van der Waals surface area contributed by atoms with Crippen molar-refractivity contribution in [2.75, 3.05) is 18.0 Å². The highest BCUT2D eigenvalue weighted by molar-refractivity contribution is 9.10. The third kappa shape index (κ3) is 4.15. The van der Waals surface area contributed by atoms with Gasteiger partial charge in [0, 0.05) is 17.6 Å². The average molecular weight is 510 g/mol. The predicted molar refractivity (Wildman–Crippen MR) is 122 cm³/mol. The van der Waals surface area contributed by atoms with E-state index in [0.717, 1.165) is 10.9 Å². The Kier molecular flexibility index (Phi) is 5.97. The van der Waals surface area contributed by atoms with Gasteiger partial charge in [0.05, 0.1) is 15.5 Å². The van der Waals surface area contributed by atoms with Gasteiger partial charge in [-0.25, -0.2) is 8.42 Å². The van der Waals surface area contributed by atoms with Crippen molar-refractivity contribution in [2.45, 2.75) is 30.2 Å². The van der Waals surface area contributed by atoms with Gasteiger partial charge in [-0.05, 0) is 54.7 Å². The number of oxazole rings is 1. The molecular formula is C22H22BrClN2O3S. The Morgan fingerprint density at radius 3 is 2.33 bits per heavy atom. The topological polar surface area (TPSA) is 63.4 Å². The molecule has 2 atom stereocenters. The fourth-order valence-electron chi connectivity index (χ4n) is 3.98. The monoisotopic (exact) mass is 508 g/mol. The maximum atomic E-state index is 13.5. The standard InChI is InChI=1S/C22H22BrClN2O3S/c1-14-11-15(2)13-26(12-14)22-21(30(27,28)17-9-7-16(23)8-10-17)25-20(29-22)18-5-3-4-6-19(18)24/h3-10,14-15H,11-13H2,1-2H3. The second-order valence-electron chi connectivity index (χ2n) is 7.92. The van der Waals surface area contributed by atoms with Crippen molar-refractivity contribution in [3.63, 3.8) is 0 Å². The maximum absolute atomic E-state index is 13.5. The van der Waals surface area contributed by atoms with Crippen LogP contribution < -0.4 is 4.90 Å². The van der Waals surface area contributed by atoms with E-state index in [1.165, 1.54) is 0 Å². The fourth-order valence-corrected chi connectivity index (χ4v) is 5.78. The van der Waals surface area contributed by atoms with E-state index in [4.69, 9.17) is 16.0 Å². The minimum Gasteiger partial charge on any atom is -0.419 e. The molecule has 3 aromatic rings. The molecule has 1 aliphatic heterocycles. The summed E-state index contributed by atoms with van der Waals surface area (Å²) in [7, 11) is -3.88. The first-order valence-corrected chi connectivity index (χ1v) is 12.4. The zero-order valence-corrected chi connectivity index (χ0v) is 19.8. The lowest BCUT2D eigenvalue weighted by atomic mass is 9.92. The average Bonchev–Trinajstić information content (AvgIpc) is 3.14. The van der Waals surface area contributed by atoms with Crippen molar-refractivity contribution in [2.24, 2.45) is 11.8 Å². The van der Waals surface area contributed by atoms with Crippen molar-refractivity contribution in [3.05, 3.63) is 58.0 Å². The van der Waals surface area contributed by atoms with Crippen LogP contribution in [0, 0.1) is 11.8 Å². The Hall–Kier alpha value is -1.83. The number of piperidine rings is 1. The second-order valence-corrected chi connectivity index (χ2v) is 11.1. The molecule has 2 unspecified atom stereocenters. The largest absolute Gasteiger partial charge is 0.419 e. The van der Waals surface area contributed by atoms with Gasteiger partial charge in [0.25, 0.3) is 0 Å². The van der Waals surface area contributed by atoms with E-state index in [1.807, 2.05) is 17.0 Å². The highest BCUT2D eigenvalue weighted by atomic mass is 79.9. The van der Waals surface area contributed by atoms with Gasteiger partial charge in [0.2, 0.25) is 26.6 Å². The van der Waals surface area contributed by atoms with Crippen LogP contribution in [0.4, 0.5) is 5.88 Å². The minimum atomic E-state index is -3.88. The molecular weight excluding hydrogens is 488 g/mol. The molecule has 0 bridgehead atoms. The number of anilines is 1. The minimum absolute atomic E-state index is 0.0685. The molecule has 0 spiro atoms. The van der Waals surface area contributed by atoms with Gasteiger partial charge in [-0.3, -0.25) is 0 Å². The number of halogens is 2. The predicted octanol–water partition coefficient (Wildman–Crippen LogP) is 6.07. The lowest BCUT2D eigenvalue weighted by Crippen LogP contribution is -2.39. The number of hydrogen-bond acceptors (Lipinski definition) is 5. The van der Waals surface area contributed by atoms with Crippen LogP contribution in [0.1, 0.15) is 20.3 Å². The summed E-state index contributed by atoms with van der Waals surface area (Å²) in [6.07, 6.45) is 1.09. The van der Waals surface area contributed by atoms with Crippen molar-refractivity contribution >= 4 is 43.3 Å². The Morgan fingerprint density at radius 1 is 1.07 bits per heavy atom. The molecule has 0 aliphatic carbocycles. The smallest absolute Gasteiger partial charge is 0.236 e. The molecule has 30 heavy (non-hydrogen) atoms. The Morgan fingerprint density at radius 2 is 1.70 bits per heavy atom. The van der Waals surface area contributed by atoms with Gasteiger partial charge in [0.1, 0.15) is 0 Å². The van der Waals surface area contributed by atoms with E-state index in [-0.39, 0.29) is 21.7 Å². The fraction of sp³-hybridized carbons (Fsp3) is 0.318. The maximum Gasteiger partial charge on any atom is 0.236 e. The van der Waals surface area contributed by atoms with Crippen molar-refractivity contribution in [1.29, 1.82) is 0 Å². The molecule has 4 rings (SSSR count). The quantitative estimate of drug-likeness (QED) is 0.427. The van der Waals surface area contributed by atoms with Crippen molar-refractivity contribution in [3.8, 4) is 11.5 Å². The normalized spacial score (nSPS) is 19.8. The Labute approximate surface area is 190 Å². The summed E-state index contributed by atoms with van der Waals surface area (Å²) in [6, 6.07) is 13.7. The van der Waals surface area contributed by atoms with Crippen LogP contribution in [-0.2, 0) is 9.84 Å². The molecule has 5 nitrogen and oxygen atoms in total. The van der Waals surface area contributed by atoms with Crippen LogP contribution in [0.2, 0.25) is 5.02 Å². The number of rotatable bonds is 4. The summed E-state index contributed by atoms with van der Waals surface area (Å²) >= 11 is 9.68. The van der Waals surface area contributed by atoms with Crippen LogP contribution in [0.5, 0.6) is 0 Å². The van der Waals surface area contributed by atoms with Gasteiger partial charge < -0.3 is 9.32 Å². The van der Waals surface area contributed by atoms with Crippen LogP contribution >= 0.6 is 27.5 Å². The number of aromatic nitrogens is 1. The van der Waals surface area contributed by atoms with Gasteiger partial charge in [0.15, 0.2) is 0 Å². The lowest BCUT2D eigenvalue weighted by molar-refractivity contribution is 0.342. The summed E-state index contributed by atoms with van der Waals surface area (Å²) in [6.45, 7) is 5.75. The molecule has 2 heterocycles. The first-order chi connectivity index (χ1) is 14.3.